The number of carbonyl (C=O) groups is 1. The van der Waals surface area contributed by atoms with Crippen LogP contribution in [0.15, 0.2) is 36.9 Å². The Bertz CT molecular complexity index is 654. The zero-order chi connectivity index (χ0) is 14.2. The van der Waals surface area contributed by atoms with Crippen molar-refractivity contribution < 1.29 is 4.79 Å². The minimum atomic E-state index is 0.0994. The van der Waals surface area contributed by atoms with Crippen molar-refractivity contribution in [1.82, 2.24) is 20.1 Å². The Morgan fingerprint density at radius 2 is 2.14 bits per heavy atom. The van der Waals surface area contributed by atoms with Crippen molar-refractivity contribution in [2.24, 2.45) is 5.92 Å². The highest BCUT2D eigenvalue weighted by Crippen LogP contribution is 2.33. The molecule has 21 heavy (non-hydrogen) atoms. The van der Waals surface area contributed by atoms with Gasteiger partial charge in [0.05, 0.1) is 11.6 Å². The van der Waals surface area contributed by atoms with Crippen molar-refractivity contribution in [3.63, 3.8) is 0 Å². The van der Waals surface area contributed by atoms with Crippen LogP contribution in [0.1, 0.15) is 19.3 Å². The molecule has 6 nitrogen and oxygen atoms in total. The van der Waals surface area contributed by atoms with Crippen molar-refractivity contribution in [2.75, 3.05) is 5.32 Å². The molecule has 4 rings (SSSR count). The van der Waals surface area contributed by atoms with Gasteiger partial charge in [0.25, 0.3) is 0 Å². The molecule has 0 aliphatic carbocycles. The SMILES string of the molecule is O=C(Nc1cccc(-n2cnnc2)c1)C1CC2CCC1N2. The summed E-state index contributed by atoms with van der Waals surface area (Å²) in [5.74, 6) is 0.220. The Labute approximate surface area is 122 Å². The second kappa shape index (κ2) is 4.96. The van der Waals surface area contributed by atoms with E-state index in [2.05, 4.69) is 20.8 Å². The van der Waals surface area contributed by atoms with Crippen LogP contribution in [0.2, 0.25) is 0 Å². The van der Waals surface area contributed by atoms with Gasteiger partial charge in [0, 0.05) is 17.8 Å². The Balaban J connectivity index is 1.50. The summed E-state index contributed by atoms with van der Waals surface area (Å²) in [7, 11) is 0. The zero-order valence-corrected chi connectivity index (χ0v) is 11.6. The van der Waals surface area contributed by atoms with Crippen LogP contribution >= 0.6 is 0 Å². The summed E-state index contributed by atoms with van der Waals surface area (Å²) in [6.45, 7) is 0. The summed E-state index contributed by atoms with van der Waals surface area (Å²) in [5, 5.41) is 14.1. The number of nitrogens with zero attached hydrogens (tertiary/aromatic N) is 3. The molecule has 2 bridgehead atoms. The third kappa shape index (κ3) is 2.31. The lowest BCUT2D eigenvalue weighted by Crippen LogP contribution is -2.32. The van der Waals surface area contributed by atoms with Gasteiger partial charge < -0.3 is 10.6 Å². The fourth-order valence-corrected chi connectivity index (χ4v) is 3.43. The van der Waals surface area contributed by atoms with Crippen LogP contribution in [0.25, 0.3) is 5.69 Å². The number of benzene rings is 1. The second-order valence-electron chi connectivity index (χ2n) is 5.80. The number of aromatic nitrogens is 3. The molecule has 2 aliphatic heterocycles. The monoisotopic (exact) mass is 283 g/mol. The maximum absolute atomic E-state index is 12.4. The molecule has 2 N–H and O–H groups in total. The molecule has 0 radical (unpaired) electrons. The zero-order valence-electron chi connectivity index (χ0n) is 11.6. The maximum atomic E-state index is 12.4. The van der Waals surface area contributed by atoms with E-state index in [-0.39, 0.29) is 11.8 Å². The van der Waals surface area contributed by atoms with E-state index in [0.717, 1.165) is 24.2 Å². The fraction of sp³-hybridized carbons (Fsp3) is 0.400. The van der Waals surface area contributed by atoms with Gasteiger partial charge in [0.1, 0.15) is 12.7 Å². The highest BCUT2D eigenvalue weighted by atomic mass is 16.2. The Morgan fingerprint density at radius 3 is 2.86 bits per heavy atom. The van der Waals surface area contributed by atoms with Gasteiger partial charge in [0.15, 0.2) is 0 Å². The number of fused-ring (bicyclic) bond motifs is 2. The molecular weight excluding hydrogens is 266 g/mol. The first kappa shape index (κ1) is 12.5. The predicted molar refractivity (Wildman–Crippen MR) is 78.0 cm³/mol. The van der Waals surface area contributed by atoms with Gasteiger partial charge in [-0.1, -0.05) is 6.07 Å². The minimum Gasteiger partial charge on any atom is -0.326 e. The summed E-state index contributed by atoms with van der Waals surface area (Å²) in [4.78, 5) is 12.4. The first-order valence-electron chi connectivity index (χ1n) is 7.31. The number of amides is 1. The molecule has 3 heterocycles. The van der Waals surface area contributed by atoms with E-state index in [0.29, 0.717) is 12.1 Å². The second-order valence-corrected chi connectivity index (χ2v) is 5.80. The average molecular weight is 283 g/mol. The number of hydrogen-bond acceptors (Lipinski definition) is 4. The van der Waals surface area contributed by atoms with E-state index >= 15 is 0 Å². The molecule has 1 aromatic carbocycles. The van der Waals surface area contributed by atoms with Gasteiger partial charge in [-0.25, -0.2) is 0 Å². The van der Waals surface area contributed by atoms with Crippen LogP contribution in [0, 0.1) is 5.92 Å². The van der Waals surface area contributed by atoms with Gasteiger partial charge in [-0.2, -0.15) is 0 Å². The number of carbonyl (C=O) groups excluding carboxylic acids is 1. The normalized spacial score (nSPS) is 27.0. The fourth-order valence-electron chi connectivity index (χ4n) is 3.43. The van der Waals surface area contributed by atoms with E-state index in [9.17, 15) is 4.79 Å². The molecule has 3 unspecified atom stereocenters. The molecule has 1 aromatic heterocycles. The first-order valence-corrected chi connectivity index (χ1v) is 7.31. The van der Waals surface area contributed by atoms with Crippen LogP contribution in [0.5, 0.6) is 0 Å². The topological polar surface area (TPSA) is 71.8 Å². The van der Waals surface area contributed by atoms with Crippen LogP contribution in [-0.4, -0.2) is 32.8 Å². The molecule has 2 saturated heterocycles. The van der Waals surface area contributed by atoms with Crippen molar-refractivity contribution >= 4 is 11.6 Å². The summed E-state index contributed by atoms with van der Waals surface area (Å²) in [6, 6.07) is 8.61. The van der Waals surface area contributed by atoms with Crippen LogP contribution < -0.4 is 10.6 Å². The van der Waals surface area contributed by atoms with Crippen LogP contribution in [-0.2, 0) is 4.79 Å². The number of hydrogen-bond donors (Lipinski definition) is 2. The minimum absolute atomic E-state index is 0.0994. The average Bonchev–Trinajstić information content (AvgIpc) is 3.24. The Kier molecular flexibility index (Phi) is 2.96. The summed E-state index contributed by atoms with van der Waals surface area (Å²) >= 11 is 0. The van der Waals surface area contributed by atoms with Gasteiger partial charge >= 0.3 is 0 Å². The molecule has 2 aliphatic rings. The smallest absolute Gasteiger partial charge is 0.229 e. The van der Waals surface area contributed by atoms with Gasteiger partial charge in [-0.05, 0) is 37.5 Å². The van der Waals surface area contributed by atoms with Crippen molar-refractivity contribution in [1.29, 1.82) is 0 Å². The number of anilines is 1. The van der Waals surface area contributed by atoms with E-state index in [1.54, 1.807) is 12.7 Å². The predicted octanol–water partition coefficient (Wildman–Crippen LogP) is 1.35. The molecule has 1 amide bonds. The van der Waals surface area contributed by atoms with E-state index in [4.69, 9.17) is 0 Å². The molecule has 2 aromatic rings. The molecule has 3 atom stereocenters. The highest BCUT2D eigenvalue weighted by Gasteiger charge is 2.42. The largest absolute Gasteiger partial charge is 0.326 e. The van der Waals surface area contributed by atoms with Crippen LogP contribution in [0.4, 0.5) is 5.69 Å². The van der Waals surface area contributed by atoms with Gasteiger partial charge in [-0.3, -0.25) is 9.36 Å². The van der Waals surface area contributed by atoms with E-state index < -0.39 is 0 Å². The Morgan fingerprint density at radius 1 is 1.29 bits per heavy atom. The summed E-state index contributed by atoms with van der Waals surface area (Å²) in [6.07, 6.45) is 6.56. The highest BCUT2D eigenvalue weighted by molar-refractivity contribution is 5.93. The van der Waals surface area contributed by atoms with Gasteiger partial charge in [0.2, 0.25) is 5.91 Å². The lowest BCUT2D eigenvalue weighted by molar-refractivity contribution is -0.120. The summed E-state index contributed by atoms with van der Waals surface area (Å²) in [5.41, 5.74) is 1.75. The third-order valence-electron chi connectivity index (χ3n) is 4.47. The first-order chi connectivity index (χ1) is 10.3. The molecule has 6 heteroatoms. The van der Waals surface area contributed by atoms with Crippen molar-refractivity contribution in [2.45, 2.75) is 31.3 Å². The molecule has 0 spiro atoms. The van der Waals surface area contributed by atoms with E-state index in [1.165, 1.54) is 6.42 Å². The van der Waals surface area contributed by atoms with Crippen LogP contribution in [0.3, 0.4) is 0 Å². The molecule has 0 saturated carbocycles. The van der Waals surface area contributed by atoms with E-state index in [1.807, 2.05) is 28.8 Å². The van der Waals surface area contributed by atoms with Gasteiger partial charge in [-0.15, -0.1) is 10.2 Å². The number of nitrogens with one attached hydrogen (secondary N) is 2. The molecule has 108 valence electrons. The molecular formula is C15H17N5O. The quantitative estimate of drug-likeness (QED) is 0.892. The maximum Gasteiger partial charge on any atom is 0.229 e. The molecule has 2 fully saturated rings. The van der Waals surface area contributed by atoms with Crippen molar-refractivity contribution in [3.8, 4) is 5.69 Å². The Hall–Kier alpha value is -2.21. The number of rotatable bonds is 3. The third-order valence-corrected chi connectivity index (χ3v) is 4.47. The standard InChI is InChI=1S/C15H17N5O/c21-15(13-7-11-4-5-14(13)18-11)19-10-2-1-3-12(6-10)20-8-16-17-9-20/h1-3,6,8-9,11,13-14,18H,4-5,7H2,(H,19,21). The lowest BCUT2D eigenvalue weighted by atomic mass is 9.88. The summed E-state index contributed by atoms with van der Waals surface area (Å²) < 4.78 is 1.81. The lowest BCUT2D eigenvalue weighted by Gasteiger charge is -2.19. The van der Waals surface area contributed by atoms with Crippen molar-refractivity contribution in [3.05, 3.63) is 36.9 Å².